The number of nitrogens with zero attached hydrogens (tertiary/aromatic N) is 2. The molecular weight excluding hydrogens is 342 g/mol. The molecule has 6 nitrogen and oxygen atoms in total. The van der Waals surface area contributed by atoms with Crippen molar-refractivity contribution in [1.29, 1.82) is 0 Å². The van der Waals surface area contributed by atoms with Crippen LogP contribution in [0.1, 0.15) is 60.0 Å². The summed E-state index contributed by atoms with van der Waals surface area (Å²) in [5.74, 6) is -1.19. The first kappa shape index (κ1) is 18.8. The fourth-order valence-corrected chi connectivity index (χ4v) is 3.33. The monoisotopic (exact) mass is 365 g/mol. The van der Waals surface area contributed by atoms with Crippen LogP contribution in [-0.2, 0) is 10.3 Å². The first-order valence-electron chi connectivity index (χ1n) is 9.07. The van der Waals surface area contributed by atoms with E-state index in [4.69, 9.17) is 0 Å². The van der Waals surface area contributed by atoms with Gasteiger partial charge in [0.25, 0.3) is 11.8 Å². The average molecular weight is 365 g/mol. The molecule has 1 aromatic carbocycles. The van der Waals surface area contributed by atoms with Gasteiger partial charge in [0.2, 0.25) is 5.91 Å². The molecule has 1 aromatic heterocycles. The summed E-state index contributed by atoms with van der Waals surface area (Å²) < 4.78 is 0. The quantitative estimate of drug-likeness (QED) is 0.799. The van der Waals surface area contributed by atoms with Crippen LogP contribution in [0.25, 0.3) is 0 Å². The number of hydrogen-bond donors (Lipinski definition) is 1. The van der Waals surface area contributed by atoms with Crippen LogP contribution in [0.15, 0.2) is 48.7 Å². The van der Waals surface area contributed by atoms with Gasteiger partial charge < -0.3 is 5.32 Å². The number of rotatable bonds is 6. The molecule has 1 aliphatic heterocycles. The third-order valence-corrected chi connectivity index (χ3v) is 4.74. The second kappa shape index (κ2) is 7.31. The van der Waals surface area contributed by atoms with E-state index in [0.717, 1.165) is 4.90 Å². The summed E-state index contributed by atoms with van der Waals surface area (Å²) >= 11 is 0. The maximum atomic E-state index is 13.1. The third-order valence-electron chi connectivity index (χ3n) is 4.74. The Morgan fingerprint density at radius 2 is 1.67 bits per heavy atom. The Bertz CT molecular complexity index is 842. The van der Waals surface area contributed by atoms with Gasteiger partial charge in [-0.25, -0.2) is 0 Å². The standard InChI is InChI=1S/C21H23N3O3/c1-4-9-16(18(25)23-21(2,3)17-12-7-8-13-22-17)24-19(26)14-10-5-6-11-15(14)20(24)27/h5-8,10-13,16H,4,9H2,1-3H3,(H,23,25)/t16-/m0/s1. The molecule has 27 heavy (non-hydrogen) atoms. The van der Waals surface area contributed by atoms with Gasteiger partial charge in [0.15, 0.2) is 0 Å². The summed E-state index contributed by atoms with van der Waals surface area (Å²) in [4.78, 5) is 44.0. The van der Waals surface area contributed by atoms with Crippen molar-refractivity contribution >= 4 is 17.7 Å². The SMILES string of the molecule is CCC[C@@H](C(=O)NC(C)(C)c1ccccn1)N1C(=O)c2ccccc2C1=O. The van der Waals surface area contributed by atoms with Gasteiger partial charge >= 0.3 is 0 Å². The molecule has 0 spiro atoms. The van der Waals surface area contributed by atoms with Crippen LogP contribution in [-0.4, -0.2) is 33.6 Å². The number of benzene rings is 1. The molecule has 0 saturated heterocycles. The van der Waals surface area contributed by atoms with E-state index in [2.05, 4.69) is 10.3 Å². The molecular formula is C21H23N3O3. The number of nitrogens with one attached hydrogen (secondary N) is 1. The largest absolute Gasteiger partial charge is 0.344 e. The van der Waals surface area contributed by atoms with Gasteiger partial charge in [-0.15, -0.1) is 0 Å². The summed E-state index contributed by atoms with van der Waals surface area (Å²) in [5.41, 5.74) is 0.667. The molecule has 3 amide bonds. The zero-order valence-corrected chi connectivity index (χ0v) is 15.7. The van der Waals surface area contributed by atoms with Crippen LogP contribution in [0.2, 0.25) is 0 Å². The minimum atomic E-state index is -0.856. The number of carbonyl (C=O) groups is 3. The highest BCUT2D eigenvalue weighted by Gasteiger charge is 2.43. The highest BCUT2D eigenvalue weighted by Crippen LogP contribution is 2.27. The molecule has 2 heterocycles. The molecule has 3 rings (SSSR count). The first-order valence-corrected chi connectivity index (χ1v) is 9.07. The summed E-state index contributed by atoms with van der Waals surface area (Å²) in [6.45, 7) is 5.61. The van der Waals surface area contributed by atoms with Crippen LogP contribution in [0.5, 0.6) is 0 Å². The second-order valence-electron chi connectivity index (χ2n) is 7.16. The van der Waals surface area contributed by atoms with Gasteiger partial charge in [0.1, 0.15) is 6.04 Å². The summed E-state index contributed by atoms with van der Waals surface area (Å²) in [5, 5.41) is 2.95. The normalized spacial score (nSPS) is 14.9. The second-order valence-corrected chi connectivity index (χ2v) is 7.16. The van der Waals surface area contributed by atoms with Crippen molar-refractivity contribution < 1.29 is 14.4 Å². The Balaban J connectivity index is 1.87. The number of hydrogen-bond acceptors (Lipinski definition) is 4. The highest BCUT2D eigenvalue weighted by molar-refractivity contribution is 6.22. The molecule has 0 aliphatic carbocycles. The van der Waals surface area contributed by atoms with E-state index < -0.39 is 23.4 Å². The van der Waals surface area contributed by atoms with Crippen LogP contribution in [0.4, 0.5) is 0 Å². The number of carbonyl (C=O) groups excluding carboxylic acids is 3. The molecule has 0 radical (unpaired) electrons. The fraction of sp³-hybridized carbons (Fsp3) is 0.333. The van der Waals surface area contributed by atoms with Gasteiger partial charge in [0, 0.05) is 6.20 Å². The van der Waals surface area contributed by atoms with Crippen LogP contribution < -0.4 is 5.32 Å². The Hall–Kier alpha value is -3.02. The van der Waals surface area contributed by atoms with E-state index in [1.807, 2.05) is 32.9 Å². The number of amides is 3. The molecule has 1 N–H and O–H groups in total. The lowest BCUT2D eigenvalue weighted by Crippen LogP contribution is -2.53. The summed E-state index contributed by atoms with van der Waals surface area (Å²) in [6, 6.07) is 11.3. The van der Waals surface area contributed by atoms with Crippen LogP contribution in [0, 0.1) is 0 Å². The van der Waals surface area contributed by atoms with Crippen LogP contribution >= 0.6 is 0 Å². The van der Waals surface area contributed by atoms with E-state index in [1.54, 1.807) is 36.5 Å². The minimum absolute atomic E-state index is 0.348. The zero-order valence-electron chi connectivity index (χ0n) is 15.7. The number of imide groups is 1. The predicted octanol–water partition coefficient (Wildman–Crippen LogP) is 2.90. The molecule has 0 saturated carbocycles. The molecule has 1 aliphatic rings. The number of aromatic nitrogens is 1. The van der Waals surface area contributed by atoms with Crippen molar-refractivity contribution in [3.05, 3.63) is 65.5 Å². The molecule has 140 valence electrons. The minimum Gasteiger partial charge on any atom is -0.344 e. The maximum Gasteiger partial charge on any atom is 0.262 e. The smallest absolute Gasteiger partial charge is 0.262 e. The van der Waals surface area contributed by atoms with Crippen molar-refractivity contribution in [2.75, 3.05) is 0 Å². The molecule has 6 heteroatoms. The summed E-state index contributed by atoms with van der Waals surface area (Å²) in [7, 11) is 0. The van der Waals surface area contributed by atoms with E-state index >= 15 is 0 Å². The maximum absolute atomic E-state index is 13.1. The van der Waals surface area contributed by atoms with Gasteiger partial charge in [0.05, 0.1) is 22.4 Å². The third kappa shape index (κ3) is 3.47. The van der Waals surface area contributed by atoms with E-state index in [0.29, 0.717) is 29.7 Å². The lowest BCUT2D eigenvalue weighted by Gasteiger charge is -2.31. The lowest BCUT2D eigenvalue weighted by molar-refractivity contribution is -0.127. The Morgan fingerprint density at radius 1 is 1.07 bits per heavy atom. The Morgan fingerprint density at radius 3 is 2.19 bits per heavy atom. The van der Waals surface area contributed by atoms with Crippen molar-refractivity contribution in [1.82, 2.24) is 15.2 Å². The predicted molar refractivity (Wildman–Crippen MR) is 101 cm³/mol. The topological polar surface area (TPSA) is 79.4 Å². The Labute approximate surface area is 158 Å². The van der Waals surface area contributed by atoms with Crippen molar-refractivity contribution in [3.63, 3.8) is 0 Å². The van der Waals surface area contributed by atoms with Crippen molar-refractivity contribution in [2.45, 2.75) is 45.2 Å². The first-order chi connectivity index (χ1) is 12.9. The molecule has 1 atom stereocenters. The van der Waals surface area contributed by atoms with Crippen LogP contribution in [0.3, 0.4) is 0 Å². The van der Waals surface area contributed by atoms with Gasteiger partial charge in [-0.1, -0.05) is 31.5 Å². The summed E-state index contributed by atoms with van der Waals surface area (Å²) in [6.07, 6.45) is 2.72. The van der Waals surface area contributed by atoms with Gasteiger partial charge in [-0.3, -0.25) is 24.3 Å². The van der Waals surface area contributed by atoms with E-state index in [9.17, 15) is 14.4 Å². The molecule has 0 unspecified atom stereocenters. The van der Waals surface area contributed by atoms with Gasteiger partial charge in [-0.05, 0) is 44.5 Å². The van der Waals surface area contributed by atoms with Crippen molar-refractivity contribution in [2.24, 2.45) is 0 Å². The van der Waals surface area contributed by atoms with Crippen molar-refractivity contribution in [3.8, 4) is 0 Å². The fourth-order valence-electron chi connectivity index (χ4n) is 3.33. The average Bonchev–Trinajstić information content (AvgIpc) is 2.91. The molecule has 2 aromatic rings. The number of pyridine rings is 1. The molecule has 0 fully saturated rings. The van der Waals surface area contributed by atoms with E-state index in [-0.39, 0.29) is 5.91 Å². The zero-order chi connectivity index (χ0) is 19.6. The van der Waals surface area contributed by atoms with Gasteiger partial charge in [-0.2, -0.15) is 0 Å². The highest BCUT2D eigenvalue weighted by atomic mass is 16.2. The number of fused-ring (bicyclic) bond motifs is 1. The lowest BCUT2D eigenvalue weighted by atomic mass is 9.98. The molecule has 0 bridgehead atoms. The Kier molecular flexibility index (Phi) is 5.08. The van der Waals surface area contributed by atoms with E-state index in [1.165, 1.54) is 0 Å².